The third-order valence-electron chi connectivity index (χ3n) is 4.79. The SMILES string of the molecule is Nc1ccc(C(=O)Nc2cc(-c3cccnc3)nc(NC3CCCC3)n2)cc1. The minimum Gasteiger partial charge on any atom is -0.399 e. The number of hydrogen-bond acceptors (Lipinski definition) is 6. The van der Waals surface area contributed by atoms with E-state index in [-0.39, 0.29) is 5.91 Å². The summed E-state index contributed by atoms with van der Waals surface area (Å²) in [6, 6.07) is 12.7. The van der Waals surface area contributed by atoms with Crippen LogP contribution in [0.5, 0.6) is 0 Å². The van der Waals surface area contributed by atoms with Gasteiger partial charge >= 0.3 is 0 Å². The van der Waals surface area contributed by atoms with Crippen LogP contribution >= 0.6 is 0 Å². The molecule has 2 heterocycles. The first kappa shape index (κ1) is 17.9. The molecule has 1 aliphatic rings. The lowest BCUT2D eigenvalue weighted by Gasteiger charge is -2.14. The van der Waals surface area contributed by atoms with Gasteiger partial charge in [0.25, 0.3) is 5.91 Å². The Labute approximate surface area is 163 Å². The molecule has 0 bridgehead atoms. The smallest absolute Gasteiger partial charge is 0.256 e. The number of carbonyl (C=O) groups is 1. The number of nitrogens with zero attached hydrogens (tertiary/aromatic N) is 3. The van der Waals surface area contributed by atoms with E-state index in [1.165, 1.54) is 12.8 Å². The van der Waals surface area contributed by atoms with Gasteiger partial charge in [-0.15, -0.1) is 0 Å². The Bertz CT molecular complexity index is 952. The van der Waals surface area contributed by atoms with Gasteiger partial charge < -0.3 is 16.4 Å². The topological polar surface area (TPSA) is 106 Å². The van der Waals surface area contributed by atoms with Crippen molar-refractivity contribution in [2.24, 2.45) is 0 Å². The summed E-state index contributed by atoms with van der Waals surface area (Å²) in [4.78, 5) is 25.9. The summed E-state index contributed by atoms with van der Waals surface area (Å²) in [5.41, 5.74) is 8.39. The second-order valence-corrected chi connectivity index (χ2v) is 6.91. The molecule has 7 nitrogen and oxygen atoms in total. The molecule has 0 saturated heterocycles. The molecule has 4 N–H and O–H groups in total. The number of pyridine rings is 1. The molecule has 4 rings (SSSR count). The highest BCUT2D eigenvalue weighted by atomic mass is 16.1. The fourth-order valence-corrected chi connectivity index (χ4v) is 3.31. The van der Waals surface area contributed by atoms with Crippen LogP contribution in [0.25, 0.3) is 11.3 Å². The molecular weight excluding hydrogens is 352 g/mol. The van der Waals surface area contributed by atoms with E-state index in [1.807, 2.05) is 12.1 Å². The van der Waals surface area contributed by atoms with Gasteiger partial charge in [-0.1, -0.05) is 12.8 Å². The van der Waals surface area contributed by atoms with Crippen LogP contribution in [0.2, 0.25) is 0 Å². The van der Waals surface area contributed by atoms with Crippen LogP contribution in [-0.4, -0.2) is 26.9 Å². The van der Waals surface area contributed by atoms with Gasteiger partial charge in [-0.3, -0.25) is 9.78 Å². The fraction of sp³-hybridized carbons (Fsp3) is 0.238. The summed E-state index contributed by atoms with van der Waals surface area (Å²) in [7, 11) is 0. The lowest BCUT2D eigenvalue weighted by molar-refractivity contribution is 0.102. The third kappa shape index (κ3) is 4.25. The Kier molecular flexibility index (Phi) is 5.14. The number of rotatable bonds is 5. The van der Waals surface area contributed by atoms with Crippen molar-refractivity contribution in [2.75, 3.05) is 16.4 Å². The molecule has 1 saturated carbocycles. The standard InChI is InChI=1S/C21H22N6O/c22-16-9-7-14(8-10-16)20(28)26-19-12-18(15-4-3-11-23-13-15)25-21(27-19)24-17-5-1-2-6-17/h3-4,7-13,17H,1-2,5-6,22H2,(H2,24,25,26,27,28). The lowest BCUT2D eigenvalue weighted by atomic mass is 10.2. The highest BCUT2D eigenvalue weighted by Gasteiger charge is 2.17. The predicted octanol–water partition coefficient (Wildman–Crippen LogP) is 3.73. The maximum atomic E-state index is 12.6. The lowest BCUT2D eigenvalue weighted by Crippen LogP contribution is -2.19. The number of hydrogen-bond donors (Lipinski definition) is 3. The summed E-state index contributed by atoms with van der Waals surface area (Å²) in [5.74, 6) is 0.708. The molecule has 0 aliphatic heterocycles. The molecule has 1 aromatic carbocycles. The van der Waals surface area contributed by atoms with Crippen LogP contribution in [0, 0.1) is 0 Å². The molecule has 0 radical (unpaired) electrons. The van der Waals surface area contributed by atoms with Crippen molar-refractivity contribution in [3.05, 3.63) is 60.4 Å². The first-order valence-electron chi connectivity index (χ1n) is 9.40. The van der Waals surface area contributed by atoms with E-state index in [1.54, 1.807) is 42.7 Å². The van der Waals surface area contributed by atoms with Crippen LogP contribution in [0.3, 0.4) is 0 Å². The molecule has 28 heavy (non-hydrogen) atoms. The monoisotopic (exact) mass is 374 g/mol. The van der Waals surface area contributed by atoms with Gasteiger partial charge in [0, 0.05) is 41.3 Å². The van der Waals surface area contributed by atoms with Gasteiger partial charge in [0.2, 0.25) is 5.95 Å². The number of nitrogens with one attached hydrogen (secondary N) is 2. The minimum absolute atomic E-state index is 0.248. The van der Waals surface area contributed by atoms with Crippen LogP contribution in [0.1, 0.15) is 36.0 Å². The minimum atomic E-state index is -0.248. The maximum Gasteiger partial charge on any atom is 0.256 e. The second-order valence-electron chi connectivity index (χ2n) is 6.91. The highest BCUT2D eigenvalue weighted by molar-refractivity contribution is 6.04. The summed E-state index contributed by atoms with van der Waals surface area (Å²) >= 11 is 0. The largest absolute Gasteiger partial charge is 0.399 e. The van der Waals surface area contributed by atoms with E-state index in [2.05, 4.69) is 25.6 Å². The predicted molar refractivity (Wildman–Crippen MR) is 110 cm³/mol. The van der Waals surface area contributed by atoms with E-state index in [4.69, 9.17) is 5.73 Å². The van der Waals surface area contributed by atoms with Gasteiger partial charge in [-0.05, 0) is 49.2 Å². The van der Waals surface area contributed by atoms with Crippen molar-refractivity contribution in [2.45, 2.75) is 31.7 Å². The Morgan fingerprint density at radius 3 is 2.57 bits per heavy atom. The second kappa shape index (κ2) is 8.04. The van der Waals surface area contributed by atoms with Crippen LogP contribution < -0.4 is 16.4 Å². The molecule has 142 valence electrons. The van der Waals surface area contributed by atoms with Crippen molar-refractivity contribution in [3.8, 4) is 11.3 Å². The number of amides is 1. The Hall–Kier alpha value is -3.48. The van der Waals surface area contributed by atoms with Crippen molar-refractivity contribution >= 4 is 23.4 Å². The van der Waals surface area contributed by atoms with Crippen LogP contribution in [0.4, 0.5) is 17.5 Å². The molecule has 0 unspecified atom stereocenters. The number of carbonyl (C=O) groups excluding carboxylic acids is 1. The first-order chi connectivity index (χ1) is 13.7. The molecule has 2 aromatic heterocycles. The fourth-order valence-electron chi connectivity index (χ4n) is 3.31. The summed E-state index contributed by atoms with van der Waals surface area (Å²) < 4.78 is 0. The van der Waals surface area contributed by atoms with Crippen LogP contribution in [-0.2, 0) is 0 Å². The van der Waals surface area contributed by atoms with Crippen molar-refractivity contribution < 1.29 is 4.79 Å². The van der Waals surface area contributed by atoms with Crippen LogP contribution in [0.15, 0.2) is 54.9 Å². The molecule has 0 spiro atoms. The molecule has 1 fully saturated rings. The molecular formula is C21H22N6O. The zero-order valence-electron chi connectivity index (χ0n) is 15.4. The van der Waals surface area contributed by atoms with Crippen molar-refractivity contribution in [1.29, 1.82) is 0 Å². The van der Waals surface area contributed by atoms with E-state index >= 15 is 0 Å². The molecule has 0 atom stereocenters. The molecule has 1 amide bonds. The van der Waals surface area contributed by atoms with Gasteiger partial charge in [0.1, 0.15) is 5.82 Å². The number of aromatic nitrogens is 3. The first-order valence-corrected chi connectivity index (χ1v) is 9.40. The zero-order chi connectivity index (χ0) is 19.3. The maximum absolute atomic E-state index is 12.6. The van der Waals surface area contributed by atoms with Gasteiger partial charge in [-0.25, -0.2) is 4.98 Å². The zero-order valence-corrected chi connectivity index (χ0v) is 15.4. The van der Waals surface area contributed by atoms with E-state index in [9.17, 15) is 4.79 Å². The van der Waals surface area contributed by atoms with Crippen molar-refractivity contribution in [3.63, 3.8) is 0 Å². The molecule has 1 aliphatic carbocycles. The van der Waals surface area contributed by atoms with E-state index < -0.39 is 0 Å². The normalized spacial score (nSPS) is 14.0. The van der Waals surface area contributed by atoms with E-state index in [0.29, 0.717) is 34.8 Å². The molecule has 3 aromatic rings. The number of nitrogens with two attached hydrogens (primary N) is 1. The quantitative estimate of drug-likeness (QED) is 0.588. The number of nitrogen functional groups attached to an aromatic ring is 1. The average molecular weight is 374 g/mol. The Morgan fingerprint density at radius 2 is 1.86 bits per heavy atom. The number of anilines is 3. The highest BCUT2D eigenvalue weighted by Crippen LogP contribution is 2.25. The summed E-state index contributed by atoms with van der Waals surface area (Å²) in [6.07, 6.45) is 8.09. The third-order valence-corrected chi connectivity index (χ3v) is 4.79. The van der Waals surface area contributed by atoms with Crippen molar-refractivity contribution in [1.82, 2.24) is 15.0 Å². The van der Waals surface area contributed by atoms with Gasteiger partial charge in [0.15, 0.2) is 0 Å². The average Bonchev–Trinajstić information content (AvgIpc) is 3.22. The molecule has 7 heteroatoms. The Balaban J connectivity index is 1.62. The summed E-state index contributed by atoms with van der Waals surface area (Å²) in [5, 5.41) is 6.26. The summed E-state index contributed by atoms with van der Waals surface area (Å²) in [6.45, 7) is 0. The van der Waals surface area contributed by atoms with E-state index in [0.717, 1.165) is 18.4 Å². The van der Waals surface area contributed by atoms with Gasteiger partial charge in [0.05, 0.1) is 5.69 Å². The van der Waals surface area contributed by atoms with Gasteiger partial charge in [-0.2, -0.15) is 4.98 Å². The Morgan fingerprint density at radius 1 is 1.07 bits per heavy atom. The number of benzene rings is 1.